The third-order valence-electron chi connectivity index (χ3n) is 1.79. The molecule has 1 aromatic heterocycles. The maximum Gasteiger partial charge on any atom is 0.0822 e. The van der Waals surface area contributed by atoms with E-state index in [1.54, 1.807) is 12.4 Å². The van der Waals surface area contributed by atoms with Crippen molar-refractivity contribution in [3.63, 3.8) is 0 Å². The lowest BCUT2D eigenvalue weighted by Crippen LogP contribution is -2.00. The van der Waals surface area contributed by atoms with E-state index in [1.165, 1.54) is 0 Å². The van der Waals surface area contributed by atoms with Gasteiger partial charge < -0.3 is 5.11 Å². The first-order valence-corrected chi connectivity index (χ1v) is 5.66. The van der Waals surface area contributed by atoms with Gasteiger partial charge in [0.15, 0.2) is 0 Å². The minimum Gasteiger partial charge on any atom is -0.388 e. The zero-order valence-electron chi connectivity index (χ0n) is 7.37. The molecular formula is C10H9Br2NO. The van der Waals surface area contributed by atoms with Gasteiger partial charge in [0.25, 0.3) is 0 Å². The average molecular weight is 319 g/mol. The van der Waals surface area contributed by atoms with Crippen LogP contribution in [0.25, 0.3) is 0 Å². The van der Waals surface area contributed by atoms with E-state index >= 15 is 0 Å². The van der Waals surface area contributed by atoms with Crippen LogP contribution >= 0.6 is 31.9 Å². The molecule has 74 valence electrons. The van der Waals surface area contributed by atoms with Gasteiger partial charge in [0.2, 0.25) is 0 Å². The van der Waals surface area contributed by atoms with Gasteiger partial charge >= 0.3 is 0 Å². The molecular weight excluding hydrogens is 310 g/mol. The summed E-state index contributed by atoms with van der Waals surface area (Å²) in [4.78, 5) is 3.96. The van der Waals surface area contributed by atoms with E-state index in [0.717, 1.165) is 14.5 Å². The van der Waals surface area contributed by atoms with Crippen molar-refractivity contribution in [1.82, 2.24) is 4.98 Å². The second-order valence-corrected chi connectivity index (χ2v) is 4.48. The van der Waals surface area contributed by atoms with E-state index in [0.29, 0.717) is 12.8 Å². The second-order valence-electron chi connectivity index (χ2n) is 2.78. The van der Waals surface area contributed by atoms with Gasteiger partial charge in [-0.25, -0.2) is 0 Å². The smallest absolute Gasteiger partial charge is 0.0822 e. The molecule has 1 rings (SSSR count). The van der Waals surface area contributed by atoms with E-state index < -0.39 is 6.10 Å². The van der Waals surface area contributed by atoms with Gasteiger partial charge in [0.1, 0.15) is 0 Å². The molecule has 1 unspecified atom stereocenters. The largest absolute Gasteiger partial charge is 0.388 e. The number of aliphatic hydroxyl groups excluding tert-OH is 1. The number of hydrogen-bond donors (Lipinski definition) is 1. The molecule has 0 spiro atoms. The molecule has 0 bridgehead atoms. The highest BCUT2D eigenvalue weighted by Crippen LogP contribution is 2.31. The first-order valence-electron chi connectivity index (χ1n) is 4.07. The standard InChI is InChI=1S/C10H9Br2NO/c1-2-3-4-9(14)10-7(11)5-13-6-8(10)12/h1,5-6,9,14H,3-4H2. The molecule has 0 aliphatic heterocycles. The molecule has 1 N–H and O–H groups in total. The SMILES string of the molecule is C#CCCC(O)c1c(Br)cncc1Br. The number of terminal acetylenes is 1. The Balaban J connectivity index is 2.89. The van der Waals surface area contributed by atoms with E-state index in [4.69, 9.17) is 6.42 Å². The van der Waals surface area contributed by atoms with Crippen molar-refractivity contribution < 1.29 is 5.11 Å². The molecule has 1 atom stereocenters. The maximum absolute atomic E-state index is 9.83. The normalized spacial score (nSPS) is 12.1. The fourth-order valence-corrected chi connectivity index (χ4v) is 2.56. The van der Waals surface area contributed by atoms with Crippen molar-refractivity contribution in [2.24, 2.45) is 0 Å². The van der Waals surface area contributed by atoms with E-state index in [9.17, 15) is 5.11 Å². The summed E-state index contributed by atoms with van der Waals surface area (Å²) in [6.45, 7) is 0. The first-order chi connectivity index (χ1) is 6.66. The Hall–Kier alpha value is -0.370. The van der Waals surface area contributed by atoms with E-state index in [-0.39, 0.29) is 0 Å². The highest BCUT2D eigenvalue weighted by Gasteiger charge is 2.14. The summed E-state index contributed by atoms with van der Waals surface area (Å²) in [6.07, 6.45) is 8.99. The van der Waals surface area contributed by atoms with Crippen molar-refractivity contribution in [1.29, 1.82) is 0 Å². The number of nitrogens with zero attached hydrogens (tertiary/aromatic N) is 1. The Morgan fingerprint density at radius 3 is 2.50 bits per heavy atom. The zero-order valence-corrected chi connectivity index (χ0v) is 10.5. The third-order valence-corrected chi connectivity index (χ3v) is 3.05. The third kappa shape index (κ3) is 2.81. The lowest BCUT2D eigenvalue weighted by atomic mass is 10.1. The summed E-state index contributed by atoms with van der Waals surface area (Å²) in [5.41, 5.74) is 0.801. The molecule has 0 aliphatic carbocycles. The molecule has 4 heteroatoms. The molecule has 0 aromatic carbocycles. The minimum atomic E-state index is -0.558. The molecule has 0 saturated carbocycles. The predicted molar refractivity (Wildman–Crippen MR) is 62.7 cm³/mol. The molecule has 0 saturated heterocycles. The molecule has 0 fully saturated rings. The summed E-state index contributed by atoms with van der Waals surface area (Å²) < 4.78 is 1.58. The van der Waals surface area contributed by atoms with Crippen molar-refractivity contribution in [3.05, 3.63) is 26.9 Å². The van der Waals surface area contributed by atoms with Crippen LogP contribution < -0.4 is 0 Å². The average Bonchev–Trinajstić information content (AvgIpc) is 2.14. The molecule has 1 heterocycles. The number of aliphatic hydroxyl groups is 1. The van der Waals surface area contributed by atoms with Gasteiger partial charge in [0.05, 0.1) is 6.10 Å². The van der Waals surface area contributed by atoms with Crippen LogP contribution in [0.15, 0.2) is 21.3 Å². The van der Waals surface area contributed by atoms with Gasteiger partial charge in [-0.1, -0.05) is 0 Å². The Morgan fingerprint density at radius 1 is 1.43 bits per heavy atom. The summed E-state index contributed by atoms with van der Waals surface area (Å²) in [7, 11) is 0. The Bertz CT molecular complexity index is 339. The molecule has 1 aromatic rings. The lowest BCUT2D eigenvalue weighted by molar-refractivity contribution is 0.168. The number of rotatable bonds is 3. The van der Waals surface area contributed by atoms with Crippen molar-refractivity contribution >= 4 is 31.9 Å². The van der Waals surface area contributed by atoms with Gasteiger partial charge in [-0.05, 0) is 38.3 Å². The zero-order chi connectivity index (χ0) is 10.6. The number of halogens is 2. The van der Waals surface area contributed by atoms with Crippen LogP contribution in [0.5, 0.6) is 0 Å². The lowest BCUT2D eigenvalue weighted by Gasteiger charge is -2.12. The van der Waals surface area contributed by atoms with Crippen LogP contribution in [0, 0.1) is 12.3 Å². The Labute approximate surface area is 100 Å². The van der Waals surface area contributed by atoms with Crippen molar-refractivity contribution in [2.45, 2.75) is 18.9 Å². The molecule has 0 aliphatic rings. The second kappa shape index (κ2) is 5.50. The highest BCUT2D eigenvalue weighted by atomic mass is 79.9. The molecule has 0 radical (unpaired) electrons. The number of pyridine rings is 1. The molecule has 14 heavy (non-hydrogen) atoms. The monoisotopic (exact) mass is 317 g/mol. The molecule has 2 nitrogen and oxygen atoms in total. The van der Waals surface area contributed by atoms with Gasteiger partial charge in [0, 0.05) is 33.3 Å². The summed E-state index contributed by atoms with van der Waals surface area (Å²) in [5, 5.41) is 9.83. The summed E-state index contributed by atoms with van der Waals surface area (Å²) in [5.74, 6) is 2.50. The number of aromatic nitrogens is 1. The van der Waals surface area contributed by atoms with Crippen molar-refractivity contribution in [2.75, 3.05) is 0 Å². The molecule has 0 amide bonds. The number of hydrogen-bond acceptors (Lipinski definition) is 2. The van der Waals surface area contributed by atoms with E-state index in [2.05, 4.69) is 42.8 Å². The Kier molecular flexibility index (Phi) is 4.59. The quantitative estimate of drug-likeness (QED) is 0.869. The van der Waals surface area contributed by atoms with Gasteiger partial charge in [-0.3, -0.25) is 4.98 Å². The topological polar surface area (TPSA) is 33.1 Å². The van der Waals surface area contributed by atoms with Crippen LogP contribution in [-0.2, 0) is 0 Å². The Morgan fingerprint density at radius 2 is 2.00 bits per heavy atom. The first kappa shape index (κ1) is 11.7. The fourth-order valence-electron chi connectivity index (χ4n) is 1.10. The van der Waals surface area contributed by atoms with Crippen LogP contribution in [0.4, 0.5) is 0 Å². The fraction of sp³-hybridized carbons (Fsp3) is 0.300. The minimum absolute atomic E-state index is 0.553. The van der Waals surface area contributed by atoms with Gasteiger partial charge in [-0.15, -0.1) is 12.3 Å². The predicted octanol–water partition coefficient (Wildman–Crippen LogP) is 3.05. The van der Waals surface area contributed by atoms with E-state index in [1.807, 2.05) is 0 Å². The van der Waals surface area contributed by atoms with Crippen LogP contribution in [-0.4, -0.2) is 10.1 Å². The maximum atomic E-state index is 9.83. The van der Waals surface area contributed by atoms with Crippen molar-refractivity contribution in [3.8, 4) is 12.3 Å². The van der Waals surface area contributed by atoms with Crippen LogP contribution in [0.1, 0.15) is 24.5 Å². The van der Waals surface area contributed by atoms with Crippen LogP contribution in [0.3, 0.4) is 0 Å². The highest BCUT2D eigenvalue weighted by molar-refractivity contribution is 9.11. The van der Waals surface area contributed by atoms with Gasteiger partial charge in [-0.2, -0.15) is 0 Å². The summed E-state index contributed by atoms with van der Waals surface area (Å²) >= 11 is 6.67. The summed E-state index contributed by atoms with van der Waals surface area (Å²) in [6, 6.07) is 0. The van der Waals surface area contributed by atoms with Crippen LogP contribution in [0.2, 0.25) is 0 Å².